The molecule has 1 heterocycles. The average molecular weight is 260 g/mol. The van der Waals surface area contributed by atoms with Gasteiger partial charge in [0.1, 0.15) is 0 Å². The molecule has 1 unspecified atom stereocenters. The number of hydrogen-bond acceptors (Lipinski definition) is 3. The van der Waals surface area contributed by atoms with Gasteiger partial charge in [-0.15, -0.1) is 0 Å². The standard InChI is InChI=1S/C11H20N2O3S/c1-3-8(2)12-11(14)9-6-13(7-9)17(15,16)10-4-5-10/h8-10H,3-7H2,1-2H3,(H,12,14). The van der Waals surface area contributed by atoms with Gasteiger partial charge in [0.15, 0.2) is 0 Å². The van der Waals surface area contributed by atoms with Gasteiger partial charge in [-0.25, -0.2) is 8.42 Å². The van der Waals surface area contributed by atoms with Crippen LogP contribution in [0.3, 0.4) is 0 Å². The van der Waals surface area contributed by atoms with Crippen LogP contribution in [0.4, 0.5) is 0 Å². The highest BCUT2D eigenvalue weighted by Crippen LogP contribution is 2.34. The largest absolute Gasteiger partial charge is 0.353 e. The Morgan fingerprint density at radius 2 is 2.00 bits per heavy atom. The lowest BCUT2D eigenvalue weighted by Crippen LogP contribution is -2.57. The van der Waals surface area contributed by atoms with Crippen molar-refractivity contribution >= 4 is 15.9 Å². The van der Waals surface area contributed by atoms with E-state index in [1.165, 1.54) is 4.31 Å². The van der Waals surface area contributed by atoms with Crippen molar-refractivity contribution in [2.24, 2.45) is 5.92 Å². The number of carbonyl (C=O) groups excluding carboxylic acids is 1. The second kappa shape index (κ2) is 4.57. The van der Waals surface area contributed by atoms with Gasteiger partial charge in [0.25, 0.3) is 0 Å². The van der Waals surface area contributed by atoms with Gasteiger partial charge in [0.05, 0.1) is 11.2 Å². The third-order valence-electron chi connectivity index (χ3n) is 3.53. The van der Waals surface area contributed by atoms with Crippen molar-refractivity contribution in [1.29, 1.82) is 0 Å². The van der Waals surface area contributed by atoms with E-state index >= 15 is 0 Å². The maximum atomic E-state index is 11.8. The number of rotatable bonds is 5. The first-order valence-electron chi connectivity index (χ1n) is 6.24. The molecule has 17 heavy (non-hydrogen) atoms. The van der Waals surface area contributed by atoms with Crippen LogP contribution >= 0.6 is 0 Å². The summed E-state index contributed by atoms with van der Waals surface area (Å²) < 4.78 is 25.1. The number of sulfonamides is 1. The van der Waals surface area contributed by atoms with Crippen LogP contribution in [0.25, 0.3) is 0 Å². The van der Waals surface area contributed by atoms with Crippen LogP contribution < -0.4 is 5.32 Å². The Morgan fingerprint density at radius 3 is 2.47 bits per heavy atom. The zero-order chi connectivity index (χ0) is 12.6. The Balaban J connectivity index is 1.80. The number of nitrogens with one attached hydrogen (secondary N) is 1. The van der Waals surface area contributed by atoms with Gasteiger partial charge in [-0.05, 0) is 26.2 Å². The van der Waals surface area contributed by atoms with E-state index in [0.29, 0.717) is 13.1 Å². The minimum Gasteiger partial charge on any atom is -0.353 e. The molecule has 1 aliphatic heterocycles. The van der Waals surface area contributed by atoms with Gasteiger partial charge in [-0.1, -0.05) is 6.92 Å². The monoisotopic (exact) mass is 260 g/mol. The highest BCUT2D eigenvalue weighted by Gasteiger charge is 2.46. The summed E-state index contributed by atoms with van der Waals surface area (Å²) in [5, 5.41) is 2.72. The van der Waals surface area contributed by atoms with Gasteiger partial charge >= 0.3 is 0 Å². The number of carbonyl (C=O) groups is 1. The lowest BCUT2D eigenvalue weighted by Gasteiger charge is -2.37. The van der Waals surface area contributed by atoms with Crippen LogP contribution in [-0.4, -0.2) is 43.0 Å². The molecular weight excluding hydrogens is 240 g/mol. The molecule has 0 spiro atoms. The fraction of sp³-hybridized carbons (Fsp3) is 0.909. The summed E-state index contributed by atoms with van der Waals surface area (Å²) in [6.07, 6.45) is 2.45. The summed E-state index contributed by atoms with van der Waals surface area (Å²) in [5.41, 5.74) is 0. The molecule has 5 nitrogen and oxygen atoms in total. The Morgan fingerprint density at radius 1 is 1.41 bits per heavy atom. The molecule has 0 radical (unpaired) electrons. The molecule has 2 rings (SSSR count). The van der Waals surface area contributed by atoms with E-state index in [4.69, 9.17) is 0 Å². The normalized spacial score (nSPS) is 24.1. The van der Waals surface area contributed by atoms with Crippen molar-refractivity contribution in [2.75, 3.05) is 13.1 Å². The van der Waals surface area contributed by atoms with Crippen molar-refractivity contribution in [3.63, 3.8) is 0 Å². The molecule has 1 saturated heterocycles. The van der Waals surface area contributed by atoms with Gasteiger partial charge in [0, 0.05) is 19.1 Å². The highest BCUT2D eigenvalue weighted by atomic mass is 32.2. The molecule has 1 atom stereocenters. The van der Waals surface area contributed by atoms with Crippen LogP contribution in [0.5, 0.6) is 0 Å². The van der Waals surface area contributed by atoms with Crippen LogP contribution in [0.2, 0.25) is 0 Å². The molecule has 0 aromatic rings. The molecule has 1 amide bonds. The number of amides is 1. The quantitative estimate of drug-likeness (QED) is 0.774. The van der Waals surface area contributed by atoms with Crippen LogP contribution in [0.15, 0.2) is 0 Å². The molecule has 0 aromatic heterocycles. The van der Waals surface area contributed by atoms with Gasteiger partial charge < -0.3 is 5.32 Å². The maximum Gasteiger partial charge on any atom is 0.225 e. The van der Waals surface area contributed by atoms with Crippen LogP contribution in [0.1, 0.15) is 33.1 Å². The van der Waals surface area contributed by atoms with Gasteiger partial charge in [-0.3, -0.25) is 4.79 Å². The summed E-state index contributed by atoms with van der Waals surface area (Å²) in [6.45, 7) is 4.69. The van der Waals surface area contributed by atoms with Crippen molar-refractivity contribution in [3.8, 4) is 0 Å². The lowest BCUT2D eigenvalue weighted by atomic mass is 10.0. The third kappa shape index (κ3) is 2.63. The summed E-state index contributed by atoms with van der Waals surface area (Å²) in [6, 6.07) is 0.164. The topological polar surface area (TPSA) is 66.5 Å². The van der Waals surface area contributed by atoms with Crippen LogP contribution in [0, 0.1) is 5.92 Å². The molecule has 2 fully saturated rings. The molecule has 0 aromatic carbocycles. The SMILES string of the molecule is CCC(C)NC(=O)C1CN(S(=O)(=O)C2CC2)C1. The van der Waals surface area contributed by atoms with Crippen molar-refractivity contribution in [3.05, 3.63) is 0 Å². The second-order valence-electron chi connectivity index (χ2n) is 5.08. The lowest BCUT2D eigenvalue weighted by molar-refractivity contribution is -0.128. The first kappa shape index (κ1) is 12.8. The Kier molecular flexibility index (Phi) is 3.45. The summed E-state index contributed by atoms with van der Waals surface area (Å²) >= 11 is 0. The van der Waals surface area contributed by atoms with Gasteiger partial charge in [-0.2, -0.15) is 4.31 Å². The molecule has 1 aliphatic carbocycles. The third-order valence-corrected chi connectivity index (χ3v) is 5.86. The van der Waals surface area contributed by atoms with Crippen LogP contribution in [-0.2, 0) is 14.8 Å². The molecule has 6 heteroatoms. The Labute approximate surface area is 103 Å². The summed E-state index contributed by atoms with van der Waals surface area (Å²) in [5.74, 6) is -0.167. The van der Waals surface area contributed by atoms with E-state index in [9.17, 15) is 13.2 Å². The molecular formula is C11H20N2O3S. The summed E-state index contributed by atoms with van der Waals surface area (Å²) in [4.78, 5) is 11.7. The van der Waals surface area contributed by atoms with Crippen molar-refractivity contribution in [2.45, 2.75) is 44.4 Å². The molecule has 1 N–H and O–H groups in total. The molecule has 1 saturated carbocycles. The minimum atomic E-state index is -3.08. The molecule has 0 bridgehead atoms. The Bertz CT molecular complexity index is 397. The van der Waals surface area contributed by atoms with E-state index < -0.39 is 10.0 Å². The fourth-order valence-corrected chi connectivity index (χ4v) is 3.78. The van der Waals surface area contributed by atoms with E-state index in [1.807, 2.05) is 13.8 Å². The molecule has 98 valence electrons. The van der Waals surface area contributed by atoms with E-state index in [2.05, 4.69) is 5.32 Å². The smallest absolute Gasteiger partial charge is 0.225 e. The minimum absolute atomic E-state index is 0.0124. The number of nitrogens with zero attached hydrogens (tertiary/aromatic N) is 1. The van der Waals surface area contributed by atoms with E-state index in [0.717, 1.165) is 19.3 Å². The van der Waals surface area contributed by atoms with Gasteiger partial charge in [0.2, 0.25) is 15.9 Å². The van der Waals surface area contributed by atoms with E-state index in [-0.39, 0.29) is 23.1 Å². The first-order chi connectivity index (χ1) is 7.95. The predicted molar refractivity (Wildman–Crippen MR) is 64.9 cm³/mol. The van der Waals surface area contributed by atoms with Crippen molar-refractivity contribution in [1.82, 2.24) is 9.62 Å². The fourth-order valence-electron chi connectivity index (χ4n) is 1.85. The van der Waals surface area contributed by atoms with E-state index in [1.54, 1.807) is 0 Å². The average Bonchev–Trinajstić information content (AvgIpc) is 2.97. The second-order valence-corrected chi connectivity index (χ2v) is 7.29. The van der Waals surface area contributed by atoms with Crippen molar-refractivity contribution < 1.29 is 13.2 Å². The zero-order valence-electron chi connectivity index (χ0n) is 10.3. The maximum absolute atomic E-state index is 11.8. The summed E-state index contributed by atoms with van der Waals surface area (Å²) in [7, 11) is -3.08. The zero-order valence-corrected chi connectivity index (χ0v) is 11.2. The highest BCUT2D eigenvalue weighted by molar-refractivity contribution is 7.90. The first-order valence-corrected chi connectivity index (χ1v) is 7.74. The molecule has 2 aliphatic rings. The number of hydrogen-bond donors (Lipinski definition) is 1. The predicted octanol–water partition coefficient (Wildman–Crippen LogP) is 0.325. The Hall–Kier alpha value is -0.620.